The zero-order valence-corrected chi connectivity index (χ0v) is 12.8. The molecule has 18 heavy (non-hydrogen) atoms. The molecule has 0 fully saturated rings. The van der Waals surface area contributed by atoms with E-state index in [1.807, 2.05) is 17.8 Å². The van der Waals surface area contributed by atoms with Crippen molar-refractivity contribution in [2.24, 2.45) is 0 Å². The van der Waals surface area contributed by atoms with Crippen LogP contribution in [0.2, 0.25) is 0 Å². The second-order valence-electron chi connectivity index (χ2n) is 4.63. The summed E-state index contributed by atoms with van der Waals surface area (Å²) in [6, 6.07) is 8.33. The summed E-state index contributed by atoms with van der Waals surface area (Å²) in [4.78, 5) is 3.29. The Morgan fingerprint density at radius 1 is 1.28 bits per heavy atom. The summed E-state index contributed by atoms with van der Waals surface area (Å²) < 4.78 is 3.36. The molecule has 0 saturated heterocycles. The van der Waals surface area contributed by atoms with Crippen molar-refractivity contribution < 1.29 is 0 Å². The minimum atomic E-state index is 0.281. The summed E-state index contributed by atoms with van der Waals surface area (Å²) in [5.74, 6) is 0. The van der Waals surface area contributed by atoms with E-state index in [0.717, 1.165) is 29.7 Å². The van der Waals surface area contributed by atoms with Crippen molar-refractivity contribution in [1.82, 2.24) is 9.55 Å². The van der Waals surface area contributed by atoms with Crippen molar-refractivity contribution in [3.8, 4) is 0 Å². The number of aromatic amines is 1. The number of H-pyrrole nitrogens is 1. The number of nitrogens with zero attached hydrogens (tertiary/aromatic N) is 1. The molecule has 0 atom stereocenters. The molecule has 0 radical (unpaired) electrons. The SMILES string of the molecule is CCC(CC)(Cn1c(=S)[nH]c2ccccc21)SC. The number of aromatic nitrogens is 2. The predicted molar refractivity (Wildman–Crippen MR) is 84.0 cm³/mol. The van der Waals surface area contributed by atoms with Gasteiger partial charge in [-0.25, -0.2) is 0 Å². The van der Waals surface area contributed by atoms with Gasteiger partial charge in [-0.3, -0.25) is 0 Å². The lowest BCUT2D eigenvalue weighted by atomic mass is 10.0. The van der Waals surface area contributed by atoms with Gasteiger partial charge in [0.25, 0.3) is 0 Å². The topological polar surface area (TPSA) is 20.7 Å². The first-order valence-corrected chi connectivity index (χ1v) is 8.02. The van der Waals surface area contributed by atoms with E-state index in [1.165, 1.54) is 5.52 Å². The molecule has 0 aliphatic carbocycles. The number of thioether (sulfide) groups is 1. The average Bonchev–Trinajstić information content (AvgIpc) is 2.72. The van der Waals surface area contributed by atoms with Gasteiger partial charge in [0.2, 0.25) is 0 Å². The van der Waals surface area contributed by atoms with Gasteiger partial charge in [0.15, 0.2) is 4.77 Å². The fourth-order valence-electron chi connectivity index (χ4n) is 2.38. The van der Waals surface area contributed by atoms with Crippen LogP contribution in [0.15, 0.2) is 24.3 Å². The molecule has 0 saturated carbocycles. The Hall–Kier alpha value is -0.740. The van der Waals surface area contributed by atoms with Gasteiger partial charge in [0.05, 0.1) is 11.0 Å². The molecule has 1 N–H and O–H groups in total. The lowest BCUT2D eigenvalue weighted by molar-refractivity contribution is 0.470. The number of hydrogen-bond donors (Lipinski definition) is 1. The van der Waals surface area contributed by atoms with Gasteiger partial charge < -0.3 is 9.55 Å². The molecule has 4 heteroatoms. The van der Waals surface area contributed by atoms with Crippen molar-refractivity contribution in [3.63, 3.8) is 0 Å². The fraction of sp³-hybridized carbons (Fsp3) is 0.500. The molecule has 1 heterocycles. The van der Waals surface area contributed by atoms with Crippen molar-refractivity contribution in [2.75, 3.05) is 6.26 Å². The van der Waals surface area contributed by atoms with Crippen LogP contribution < -0.4 is 0 Å². The average molecular weight is 280 g/mol. The Labute approximate surface area is 118 Å². The number of fused-ring (bicyclic) bond motifs is 1. The minimum absolute atomic E-state index is 0.281. The van der Waals surface area contributed by atoms with Gasteiger partial charge in [0, 0.05) is 11.3 Å². The summed E-state index contributed by atoms with van der Waals surface area (Å²) >= 11 is 7.41. The molecular weight excluding hydrogens is 260 g/mol. The summed E-state index contributed by atoms with van der Waals surface area (Å²) in [7, 11) is 0. The van der Waals surface area contributed by atoms with Gasteiger partial charge in [-0.15, -0.1) is 0 Å². The van der Waals surface area contributed by atoms with E-state index < -0.39 is 0 Å². The first-order valence-electron chi connectivity index (χ1n) is 6.38. The van der Waals surface area contributed by atoms with Crippen molar-refractivity contribution >= 4 is 35.0 Å². The van der Waals surface area contributed by atoms with Crippen molar-refractivity contribution in [1.29, 1.82) is 0 Å². The maximum atomic E-state index is 5.46. The smallest absolute Gasteiger partial charge is 0.178 e. The second-order valence-corrected chi connectivity index (χ2v) is 6.29. The molecule has 98 valence electrons. The highest BCUT2D eigenvalue weighted by molar-refractivity contribution is 8.00. The number of nitrogens with one attached hydrogen (secondary N) is 1. The molecule has 0 unspecified atom stereocenters. The summed E-state index contributed by atoms with van der Waals surface area (Å²) in [5.41, 5.74) is 2.34. The highest BCUT2D eigenvalue weighted by Crippen LogP contribution is 2.33. The van der Waals surface area contributed by atoms with Crippen LogP contribution in [-0.4, -0.2) is 20.6 Å². The largest absolute Gasteiger partial charge is 0.331 e. The Bertz CT molecular complexity index is 570. The Morgan fingerprint density at radius 3 is 2.56 bits per heavy atom. The molecule has 1 aromatic carbocycles. The van der Waals surface area contributed by atoms with Crippen molar-refractivity contribution in [3.05, 3.63) is 29.0 Å². The minimum Gasteiger partial charge on any atom is -0.331 e. The molecule has 0 amide bonds. The quantitative estimate of drug-likeness (QED) is 0.807. The Balaban J connectivity index is 2.48. The van der Waals surface area contributed by atoms with Crippen LogP contribution >= 0.6 is 24.0 Å². The highest BCUT2D eigenvalue weighted by Gasteiger charge is 2.26. The predicted octanol–water partition coefficient (Wildman–Crippen LogP) is 4.62. The molecule has 2 aromatic rings. The monoisotopic (exact) mass is 280 g/mol. The molecule has 0 spiro atoms. The molecule has 0 bridgehead atoms. The maximum absolute atomic E-state index is 5.46. The van der Waals surface area contributed by atoms with Crippen LogP contribution in [-0.2, 0) is 6.54 Å². The highest BCUT2D eigenvalue weighted by atomic mass is 32.2. The van der Waals surface area contributed by atoms with Gasteiger partial charge in [0.1, 0.15) is 0 Å². The van der Waals surface area contributed by atoms with E-state index >= 15 is 0 Å². The first kappa shape index (κ1) is 13.7. The lowest BCUT2D eigenvalue weighted by Crippen LogP contribution is -2.29. The normalized spacial score (nSPS) is 12.2. The molecule has 2 rings (SSSR count). The fourth-order valence-corrected chi connectivity index (χ4v) is 3.49. The first-order chi connectivity index (χ1) is 8.65. The van der Waals surface area contributed by atoms with E-state index in [0.29, 0.717) is 0 Å². The van der Waals surface area contributed by atoms with Crippen LogP contribution in [0.4, 0.5) is 0 Å². The Kier molecular flexibility index (Phi) is 4.17. The molecule has 0 aliphatic rings. The summed E-state index contributed by atoms with van der Waals surface area (Å²) in [6.45, 7) is 5.50. The second kappa shape index (κ2) is 5.49. The van der Waals surface area contributed by atoms with Gasteiger partial charge >= 0.3 is 0 Å². The molecule has 1 aromatic heterocycles. The van der Waals surface area contributed by atoms with Crippen LogP contribution in [0.3, 0.4) is 0 Å². The van der Waals surface area contributed by atoms with Crippen LogP contribution in [0.25, 0.3) is 11.0 Å². The maximum Gasteiger partial charge on any atom is 0.178 e. The van der Waals surface area contributed by atoms with E-state index in [2.05, 4.69) is 47.9 Å². The zero-order chi connectivity index (χ0) is 13.2. The van der Waals surface area contributed by atoms with Gasteiger partial charge in [-0.2, -0.15) is 11.8 Å². The lowest BCUT2D eigenvalue weighted by Gasteiger charge is -2.30. The molecular formula is C14H20N2S2. The van der Waals surface area contributed by atoms with Crippen LogP contribution in [0, 0.1) is 4.77 Å². The third kappa shape index (κ3) is 2.36. The number of benzene rings is 1. The van der Waals surface area contributed by atoms with Crippen molar-refractivity contribution in [2.45, 2.75) is 38.0 Å². The third-order valence-corrected chi connectivity index (χ3v) is 5.74. The molecule has 2 nitrogen and oxygen atoms in total. The standard InChI is InChI=1S/C14H20N2S2/c1-4-14(5-2,18-3)10-16-12-9-7-6-8-11(12)15-13(16)17/h6-9H,4-5,10H2,1-3H3,(H,15,17). The third-order valence-electron chi connectivity index (χ3n) is 3.85. The summed E-state index contributed by atoms with van der Waals surface area (Å²) in [5, 5.41) is 0. The zero-order valence-electron chi connectivity index (χ0n) is 11.2. The van der Waals surface area contributed by atoms with Crippen LogP contribution in [0.1, 0.15) is 26.7 Å². The number of para-hydroxylation sites is 2. The van der Waals surface area contributed by atoms with Gasteiger partial charge in [-0.05, 0) is 43.4 Å². The number of rotatable bonds is 5. The molecule has 0 aliphatic heterocycles. The summed E-state index contributed by atoms with van der Waals surface area (Å²) in [6.07, 6.45) is 4.52. The van der Waals surface area contributed by atoms with Crippen LogP contribution in [0.5, 0.6) is 0 Å². The van der Waals surface area contributed by atoms with E-state index in [-0.39, 0.29) is 4.75 Å². The van der Waals surface area contributed by atoms with E-state index in [9.17, 15) is 0 Å². The Morgan fingerprint density at radius 2 is 1.94 bits per heavy atom. The van der Waals surface area contributed by atoms with Gasteiger partial charge in [-0.1, -0.05) is 26.0 Å². The number of hydrogen-bond acceptors (Lipinski definition) is 2. The number of imidazole rings is 1. The van der Waals surface area contributed by atoms with E-state index in [1.54, 1.807) is 0 Å². The van der Waals surface area contributed by atoms with E-state index in [4.69, 9.17) is 12.2 Å².